The van der Waals surface area contributed by atoms with Gasteiger partial charge in [0.15, 0.2) is 0 Å². The third kappa shape index (κ3) is 2.30. The molecule has 0 fully saturated rings. The van der Waals surface area contributed by atoms with E-state index in [0.717, 1.165) is 18.8 Å². The molecule has 0 aromatic heterocycles. The van der Waals surface area contributed by atoms with Gasteiger partial charge in [-0.25, -0.2) is 0 Å². The van der Waals surface area contributed by atoms with Crippen LogP contribution in [0.15, 0.2) is 24.1 Å². The third-order valence-electron chi connectivity index (χ3n) is 1.60. The van der Waals surface area contributed by atoms with Gasteiger partial charge in [-0.3, -0.25) is 0 Å². The van der Waals surface area contributed by atoms with Crippen LogP contribution in [0.5, 0.6) is 0 Å². The molecule has 0 bridgehead atoms. The van der Waals surface area contributed by atoms with Crippen molar-refractivity contribution in [2.75, 3.05) is 6.61 Å². The van der Waals surface area contributed by atoms with Crippen LogP contribution in [0.1, 0.15) is 20.3 Å². The number of dihydropyridines is 1. The molecule has 1 atom stereocenters. The number of allylic oxidation sites excluding steroid dienone is 2. The highest BCUT2D eigenvalue weighted by molar-refractivity contribution is 5.17. The Hall–Kier alpha value is -0.920. The average molecular weight is 153 g/mol. The van der Waals surface area contributed by atoms with Gasteiger partial charge in [-0.2, -0.15) is 0 Å². The van der Waals surface area contributed by atoms with E-state index in [1.807, 2.05) is 18.4 Å². The minimum absolute atomic E-state index is 0.326. The van der Waals surface area contributed by atoms with Gasteiger partial charge in [-0.15, -0.1) is 0 Å². The van der Waals surface area contributed by atoms with Gasteiger partial charge >= 0.3 is 0 Å². The Morgan fingerprint density at radius 1 is 1.64 bits per heavy atom. The van der Waals surface area contributed by atoms with Crippen LogP contribution in [0.4, 0.5) is 0 Å². The first-order valence-electron chi connectivity index (χ1n) is 4.10. The summed E-state index contributed by atoms with van der Waals surface area (Å²) in [6.45, 7) is 5.01. The first-order chi connectivity index (χ1) is 5.34. The van der Waals surface area contributed by atoms with Crippen molar-refractivity contribution >= 4 is 0 Å². The van der Waals surface area contributed by atoms with Crippen molar-refractivity contribution in [1.29, 1.82) is 0 Å². The van der Waals surface area contributed by atoms with E-state index >= 15 is 0 Å². The molecule has 0 aliphatic carbocycles. The van der Waals surface area contributed by atoms with Crippen molar-refractivity contribution < 1.29 is 4.74 Å². The minimum Gasteiger partial charge on any atom is -0.496 e. The van der Waals surface area contributed by atoms with Crippen molar-refractivity contribution in [2.45, 2.75) is 26.3 Å². The van der Waals surface area contributed by atoms with E-state index in [-0.39, 0.29) is 0 Å². The lowest BCUT2D eigenvalue weighted by Crippen LogP contribution is -2.26. The summed E-state index contributed by atoms with van der Waals surface area (Å²) in [5.74, 6) is 1.04. The summed E-state index contributed by atoms with van der Waals surface area (Å²) in [5.41, 5.74) is 0. The first-order valence-corrected chi connectivity index (χ1v) is 4.10. The van der Waals surface area contributed by atoms with E-state index in [4.69, 9.17) is 4.74 Å². The van der Waals surface area contributed by atoms with Crippen LogP contribution in [0.3, 0.4) is 0 Å². The van der Waals surface area contributed by atoms with Crippen LogP contribution >= 0.6 is 0 Å². The molecule has 0 saturated heterocycles. The number of hydrogen-bond donors (Lipinski definition) is 1. The molecular formula is C9H15NO. The second-order valence-electron chi connectivity index (χ2n) is 2.66. The summed E-state index contributed by atoms with van der Waals surface area (Å²) < 4.78 is 5.49. The van der Waals surface area contributed by atoms with Gasteiger partial charge in [-0.1, -0.05) is 6.92 Å². The molecule has 1 N–H and O–H groups in total. The number of ether oxygens (including phenoxy) is 1. The SMILES string of the molecule is CCCOC1=CC=CNC1C. The van der Waals surface area contributed by atoms with Crippen LogP contribution < -0.4 is 5.32 Å². The highest BCUT2D eigenvalue weighted by atomic mass is 16.5. The molecule has 0 saturated carbocycles. The van der Waals surface area contributed by atoms with Crippen LogP contribution in [-0.4, -0.2) is 12.6 Å². The predicted molar refractivity (Wildman–Crippen MR) is 46.1 cm³/mol. The molecule has 0 aromatic rings. The van der Waals surface area contributed by atoms with Crippen LogP contribution in [0.2, 0.25) is 0 Å². The zero-order valence-corrected chi connectivity index (χ0v) is 7.13. The molecule has 2 nitrogen and oxygen atoms in total. The number of hydrogen-bond acceptors (Lipinski definition) is 2. The smallest absolute Gasteiger partial charge is 0.118 e. The molecule has 0 spiro atoms. The number of nitrogens with one attached hydrogen (secondary N) is 1. The zero-order valence-electron chi connectivity index (χ0n) is 7.13. The van der Waals surface area contributed by atoms with Gasteiger partial charge in [0.1, 0.15) is 5.76 Å². The van der Waals surface area contributed by atoms with Gasteiger partial charge in [0.05, 0.1) is 12.6 Å². The lowest BCUT2D eigenvalue weighted by atomic mass is 10.2. The quantitative estimate of drug-likeness (QED) is 0.667. The van der Waals surface area contributed by atoms with Crippen molar-refractivity contribution in [3.05, 3.63) is 24.1 Å². The van der Waals surface area contributed by atoms with Gasteiger partial charge < -0.3 is 10.1 Å². The zero-order chi connectivity index (χ0) is 8.10. The molecule has 2 heteroatoms. The maximum atomic E-state index is 5.49. The molecule has 0 radical (unpaired) electrons. The van der Waals surface area contributed by atoms with Crippen molar-refractivity contribution in [1.82, 2.24) is 5.32 Å². The summed E-state index contributed by atoms with van der Waals surface area (Å²) in [6, 6.07) is 0.326. The fourth-order valence-electron chi connectivity index (χ4n) is 0.962. The van der Waals surface area contributed by atoms with E-state index in [9.17, 15) is 0 Å². The summed E-state index contributed by atoms with van der Waals surface area (Å²) >= 11 is 0. The fourth-order valence-corrected chi connectivity index (χ4v) is 0.962. The van der Waals surface area contributed by atoms with Gasteiger partial charge in [0.2, 0.25) is 0 Å². The van der Waals surface area contributed by atoms with E-state index in [2.05, 4.69) is 19.2 Å². The maximum Gasteiger partial charge on any atom is 0.118 e. The standard InChI is InChI=1S/C9H15NO/c1-3-7-11-9-5-4-6-10-8(9)2/h4-6,8,10H,3,7H2,1-2H3. The third-order valence-corrected chi connectivity index (χ3v) is 1.60. The van der Waals surface area contributed by atoms with E-state index < -0.39 is 0 Å². The summed E-state index contributed by atoms with van der Waals surface area (Å²) in [4.78, 5) is 0. The van der Waals surface area contributed by atoms with Crippen molar-refractivity contribution in [2.24, 2.45) is 0 Å². The first kappa shape index (κ1) is 8.18. The molecule has 1 rings (SSSR count). The molecule has 0 aromatic carbocycles. The van der Waals surface area contributed by atoms with Crippen LogP contribution in [-0.2, 0) is 4.74 Å². The Morgan fingerprint density at radius 2 is 2.45 bits per heavy atom. The minimum atomic E-state index is 0.326. The Labute approximate surface area is 67.9 Å². The Morgan fingerprint density at radius 3 is 3.09 bits per heavy atom. The Bertz CT molecular complexity index is 172. The normalized spacial score (nSPS) is 22.4. The van der Waals surface area contributed by atoms with Crippen LogP contribution in [0.25, 0.3) is 0 Å². The largest absolute Gasteiger partial charge is 0.496 e. The molecule has 11 heavy (non-hydrogen) atoms. The predicted octanol–water partition coefficient (Wildman–Crippen LogP) is 1.80. The molecule has 1 aliphatic heterocycles. The molecule has 62 valence electrons. The van der Waals surface area contributed by atoms with Gasteiger partial charge in [-0.05, 0) is 31.7 Å². The molecule has 0 amide bonds. The van der Waals surface area contributed by atoms with E-state index in [0.29, 0.717) is 6.04 Å². The summed E-state index contributed by atoms with van der Waals surface area (Å²) in [7, 11) is 0. The van der Waals surface area contributed by atoms with Crippen molar-refractivity contribution in [3.8, 4) is 0 Å². The molecule has 1 heterocycles. The van der Waals surface area contributed by atoms with E-state index in [1.54, 1.807) is 0 Å². The van der Waals surface area contributed by atoms with Crippen molar-refractivity contribution in [3.63, 3.8) is 0 Å². The lowest BCUT2D eigenvalue weighted by molar-refractivity contribution is 0.190. The number of rotatable bonds is 3. The lowest BCUT2D eigenvalue weighted by Gasteiger charge is -2.19. The summed E-state index contributed by atoms with van der Waals surface area (Å²) in [5, 5.41) is 3.17. The molecule has 1 aliphatic rings. The Balaban J connectivity index is 2.40. The summed E-state index contributed by atoms with van der Waals surface area (Å²) in [6.07, 6.45) is 6.97. The Kier molecular flexibility index (Phi) is 3.02. The average Bonchev–Trinajstić information content (AvgIpc) is 2.03. The molecule has 1 unspecified atom stereocenters. The van der Waals surface area contributed by atoms with E-state index in [1.165, 1.54) is 0 Å². The topological polar surface area (TPSA) is 21.3 Å². The fraction of sp³-hybridized carbons (Fsp3) is 0.556. The second kappa shape index (κ2) is 4.06. The highest BCUT2D eigenvalue weighted by Gasteiger charge is 2.08. The monoisotopic (exact) mass is 153 g/mol. The van der Waals surface area contributed by atoms with Gasteiger partial charge in [0.25, 0.3) is 0 Å². The maximum absolute atomic E-state index is 5.49. The van der Waals surface area contributed by atoms with Crippen LogP contribution in [0, 0.1) is 0 Å². The van der Waals surface area contributed by atoms with Gasteiger partial charge in [0, 0.05) is 0 Å². The second-order valence-corrected chi connectivity index (χ2v) is 2.66. The highest BCUT2D eigenvalue weighted by Crippen LogP contribution is 2.08. The molecular weight excluding hydrogens is 138 g/mol.